The van der Waals surface area contributed by atoms with Crippen molar-refractivity contribution in [1.29, 1.82) is 0 Å². The van der Waals surface area contributed by atoms with Crippen molar-refractivity contribution in [3.8, 4) is 0 Å². The van der Waals surface area contributed by atoms with Crippen LogP contribution in [0.25, 0.3) is 0 Å². The Morgan fingerprint density at radius 2 is 1.21 bits per heavy atom. The Bertz CT molecular complexity index is 666. The second kappa shape index (κ2) is 26.0. The molecule has 14 heteroatoms. The van der Waals surface area contributed by atoms with Crippen molar-refractivity contribution in [2.24, 2.45) is 0 Å². The van der Waals surface area contributed by atoms with Crippen LogP contribution in [0, 0.1) is 0 Å². The van der Waals surface area contributed by atoms with Crippen molar-refractivity contribution in [2.75, 3.05) is 79.5 Å². The Labute approximate surface area is 223 Å². The number of hydrogen-bond acceptors (Lipinski definition) is 10. The van der Waals surface area contributed by atoms with Gasteiger partial charge in [0.2, 0.25) is 17.7 Å². The maximum absolute atomic E-state index is 11.7. The number of aliphatic carboxylic acids is 1. The maximum Gasteiger partial charge on any atom is 0.303 e. The molecule has 1 unspecified atom stereocenters. The molecule has 0 aromatic heterocycles. The second-order valence-electron chi connectivity index (χ2n) is 8.15. The first kappa shape index (κ1) is 35.4. The van der Waals surface area contributed by atoms with Gasteiger partial charge >= 0.3 is 5.97 Å². The van der Waals surface area contributed by atoms with Crippen LogP contribution in [-0.2, 0) is 42.9 Å². The van der Waals surface area contributed by atoms with E-state index in [1.54, 1.807) is 7.05 Å². The van der Waals surface area contributed by atoms with Crippen LogP contribution in [0.1, 0.15) is 38.5 Å². The Hall–Kier alpha value is -2.65. The largest absolute Gasteiger partial charge is 0.481 e. The van der Waals surface area contributed by atoms with Gasteiger partial charge in [0, 0.05) is 32.5 Å². The highest BCUT2D eigenvalue weighted by Gasteiger charge is 2.05. The standard InChI is InChI=1S/C24H44N4O10/c1-25-20(17-29)5-2-3-8-26-22(31)18-37-15-14-36-12-10-28-23(32)19-38-16-13-35-11-9-27-21(30)6-4-7-24(33)34/h17,20,25H,2-16,18-19H2,1H3,(H,26,31)(H,27,30)(H,28,32)(H,33,34). The Morgan fingerprint density at radius 1 is 0.684 bits per heavy atom. The Morgan fingerprint density at radius 3 is 1.74 bits per heavy atom. The highest BCUT2D eigenvalue weighted by atomic mass is 16.5. The maximum atomic E-state index is 11.7. The minimum absolute atomic E-state index is 0.0379. The molecule has 0 aliphatic heterocycles. The number of rotatable bonds is 27. The van der Waals surface area contributed by atoms with Crippen molar-refractivity contribution in [3.63, 3.8) is 0 Å². The summed E-state index contributed by atoms with van der Waals surface area (Å²) in [5.41, 5.74) is 0. The van der Waals surface area contributed by atoms with E-state index in [1.807, 2.05) is 0 Å². The summed E-state index contributed by atoms with van der Waals surface area (Å²) >= 11 is 0. The number of unbranched alkanes of at least 4 members (excludes halogenated alkanes) is 1. The van der Waals surface area contributed by atoms with Gasteiger partial charge in [0.25, 0.3) is 0 Å². The average Bonchev–Trinajstić information content (AvgIpc) is 2.89. The van der Waals surface area contributed by atoms with E-state index in [2.05, 4.69) is 21.3 Å². The SMILES string of the molecule is CNC(C=O)CCCCNC(=O)COCCOCCNC(=O)COCCOCCNC(=O)CCCC(=O)O. The fraction of sp³-hybridized carbons (Fsp3) is 0.792. The number of amides is 3. The van der Waals surface area contributed by atoms with Gasteiger partial charge in [0.1, 0.15) is 19.5 Å². The van der Waals surface area contributed by atoms with Gasteiger partial charge in [-0.25, -0.2) is 0 Å². The monoisotopic (exact) mass is 548 g/mol. The van der Waals surface area contributed by atoms with E-state index in [4.69, 9.17) is 24.1 Å². The van der Waals surface area contributed by atoms with Gasteiger partial charge in [0.05, 0.1) is 45.7 Å². The third-order valence-electron chi connectivity index (χ3n) is 4.94. The van der Waals surface area contributed by atoms with Gasteiger partial charge in [-0.3, -0.25) is 19.2 Å². The molecule has 38 heavy (non-hydrogen) atoms. The van der Waals surface area contributed by atoms with E-state index in [0.717, 1.165) is 25.5 Å². The van der Waals surface area contributed by atoms with Crippen LogP contribution in [0.3, 0.4) is 0 Å². The molecule has 14 nitrogen and oxygen atoms in total. The molecular weight excluding hydrogens is 504 g/mol. The summed E-state index contributed by atoms with van der Waals surface area (Å²) in [6.07, 6.45) is 3.64. The van der Waals surface area contributed by atoms with E-state index in [0.29, 0.717) is 32.7 Å². The number of likely N-dealkylation sites (N-methyl/N-ethyl adjacent to an activating group) is 1. The predicted octanol–water partition coefficient (Wildman–Crippen LogP) is -1.39. The molecule has 220 valence electrons. The fourth-order valence-corrected chi connectivity index (χ4v) is 2.88. The van der Waals surface area contributed by atoms with Crippen molar-refractivity contribution < 1.29 is 48.0 Å². The van der Waals surface area contributed by atoms with E-state index >= 15 is 0 Å². The first-order chi connectivity index (χ1) is 18.4. The molecule has 0 radical (unpaired) electrons. The lowest BCUT2D eigenvalue weighted by molar-refractivity contribution is -0.137. The summed E-state index contributed by atoms with van der Waals surface area (Å²) < 4.78 is 21.0. The zero-order valence-corrected chi connectivity index (χ0v) is 22.3. The lowest BCUT2D eigenvalue weighted by atomic mass is 10.1. The number of ether oxygens (including phenoxy) is 4. The molecule has 0 saturated carbocycles. The number of carbonyl (C=O) groups excluding carboxylic acids is 4. The number of carbonyl (C=O) groups is 5. The Kier molecular flexibility index (Phi) is 24.2. The van der Waals surface area contributed by atoms with Crippen molar-refractivity contribution >= 4 is 30.0 Å². The molecule has 5 N–H and O–H groups in total. The van der Waals surface area contributed by atoms with Gasteiger partial charge in [-0.15, -0.1) is 0 Å². The smallest absolute Gasteiger partial charge is 0.303 e. The molecule has 0 aliphatic carbocycles. The normalized spacial score (nSPS) is 11.5. The third kappa shape index (κ3) is 25.0. The van der Waals surface area contributed by atoms with Crippen LogP contribution in [0.4, 0.5) is 0 Å². The summed E-state index contributed by atoms with van der Waals surface area (Å²) in [5.74, 6) is -1.65. The molecule has 0 fully saturated rings. The molecule has 0 aromatic carbocycles. The van der Waals surface area contributed by atoms with Crippen LogP contribution in [0.2, 0.25) is 0 Å². The van der Waals surface area contributed by atoms with Crippen molar-refractivity contribution in [1.82, 2.24) is 21.3 Å². The molecule has 1 atom stereocenters. The Balaban J connectivity index is 3.38. The van der Waals surface area contributed by atoms with E-state index < -0.39 is 5.97 Å². The molecule has 3 amide bonds. The highest BCUT2D eigenvalue weighted by Crippen LogP contribution is 1.98. The van der Waals surface area contributed by atoms with Crippen LogP contribution in [-0.4, -0.2) is 121 Å². The van der Waals surface area contributed by atoms with Gasteiger partial charge in [-0.05, 0) is 32.7 Å². The second-order valence-corrected chi connectivity index (χ2v) is 8.15. The van der Waals surface area contributed by atoms with Gasteiger partial charge in [-0.1, -0.05) is 0 Å². The molecule has 0 spiro atoms. The summed E-state index contributed by atoms with van der Waals surface area (Å²) in [6.45, 7) is 2.58. The fourth-order valence-electron chi connectivity index (χ4n) is 2.88. The van der Waals surface area contributed by atoms with Crippen molar-refractivity contribution in [2.45, 2.75) is 44.6 Å². The van der Waals surface area contributed by atoms with Gasteiger partial charge < -0.3 is 50.1 Å². The van der Waals surface area contributed by atoms with E-state index in [-0.39, 0.29) is 82.9 Å². The summed E-state index contributed by atoms with van der Waals surface area (Å²) in [5, 5.41) is 19.4. The van der Waals surface area contributed by atoms with Crippen LogP contribution < -0.4 is 21.3 Å². The summed E-state index contributed by atoms with van der Waals surface area (Å²) in [4.78, 5) is 55.9. The molecular formula is C24H44N4O10. The average molecular weight is 549 g/mol. The molecule has 0 aliphatic rings. The van der Waals surface area contributed by atoms with Crippen LogP contribution >= 0.6 is 0 Å². The number of hydrogen-bond donors (Lipinski definition) is 5. The molecule has 0 saturated heterocycles. The highest BCUT2D eigenvalue weighted by molar-refractivity contribution is 5.77. The molecule has 0 rings (SSSR count). The lowest BCUT2D eigenvalue weighted by Gasteiger charge is -2.09. The lowest BCUT2D eigenvalue weighted by Crippen LogP contribution is -2.32. The van der Waals surface area contributed by atoms with E-state index in [1.165, 1.54) is 0 Å². The van der Waals surface area contributed by atoms with Gasteiger partial charge in [0.15, 0.2) is 0 Å². The topological polar surface area (TPSA) is 191 Å². The van der Waals surface area contributed by atoms with Crippen molar-refractivity contribution in [3.05, 3.63) is 0 Å². The minimum Gasteiger partial charge on any atom is -0.481 e. The number of aldehydes is 1. The first-order valence-electron chi connectivity index (χ1n) is 12.8. The third-order valence-corrected chi connectivity index (χ3v) is 4.94. The van der Waals surface area contributed by atoms with Crippen LogP contribution in [0.15, 0.2) is 0 Å². The number of carboxylic acids is 1. The summed E-state index contributed by atoms with van der Waals surface area (Å²) in [7, 11) is 1.74. The zero-order valence-electron chi connectivity index (χ0n) is 22.3. The number of carboxylic acid groups (broad SMARTS) is 1. The minimum atomic E-state index is -0.927. The van der Waals surface area contributed by atoms with E-state index in [9.17, 15) is 24.0 Å². The van der Waals surface area contributed by atoms with Crippen LogP contribution in [0.5, 0.6) is 0 Å². The molecule has 0 heterocycles. The molecule has 0 bridgehead atoms. The first-order valence-corrected chi connectivity index (χ1v) is 12.8. The summed E-state index contributed by atoms with van der Waals surface area (Å²) in [6, 6.07) is -0.146. The quantitative estimate of drug-likeness (QED) is 0.0600. The van der Waals surface area contributed by atoms with Gasteiger partial charge in [-0.2, -0.15) is 0 Å². The predicted molar refractivity (Wildman–Crippen MR) is 137 cm³/mol. The number of nitrogens with one attached hydrogen (secondary N) is 4. The zero-order chi connectivity index (χ0) is 28.3. The molecule has 0 aromatic rings.